The lowest BCUT2D eigenvalue weighted by atomic mass is 10.7. The molecule has 0 saturated carbocycles. The van der Waals surface area contributed by atoms with Crippen molar-refractivity contribution in [3.63, 3.8) is 0 Å². The zero-order valence-corrected chi connectivity index (χ0v) is 19.0. The molecular formula is C15H43N7O9. The van der Waals surface area contributed by atoms with Crippen molar-refractivity contribution in [1.82, 2.24) is 10.6 Å². The maximum atomic E-state index is 9.85. The standard InChI is InChI=1S/C3H8N2O.C3H7NO2.C3H9NO.2C2H4O2.CH6N2.CH5NO/c1-3(6)5-2-4;1-3(6)4-2-5;1-5-3-2-4;2*1-2(3)4;2*2-1-3/h2,4H2,1H3,(H,5,6);5H,2H2,1H3,(H,4,6);2-4H2,1H3;2*1H3,(H,3,4);1-3H2;3H,1-2H2. The fourth-order valence-corrected chi connectivity index (χ4v) is 0.373. The zero-order chi connectivity index (χ0) is 26.7. The van der Waals surface area contributed by atoms with E-state index in [-0.39, 0.29) is 38.6 Å². The molecule has 31 heavy (non-hydrogen) atoms. The number of nitrogens with two attached hydrogens (primary N) is 5. The SMILES string of the molecule is CC(=O)NCN.CC(=O)NCO.CC(=O)O.CC(=O)O.COCCN.NCN.NCO. The average molecular weight is 466 g/mol. The van der Waals surface area contributed by atoms with Crippen LogP contribution in [0, 0.1) is 0 Å². The van der Waals surface area contributed by atoms with Gasteiger partial charge >= 0.3 is 0 Å². The van der Waals surface area contributed by atoms with E-state index in [1.54, 1.807) is 7.11 Å². The lowest BCUT2D eigenvalue weighted by molar-refractivity contribution is -0.135. The molecule has 0 aromatic rings. The number of hydrogen-bond donors (Lipinski definition) is 11. The molecule has 16 heteroatoms. The summed E-state index contributed by atoms with van der Waals surface area (Å²) in [5.74, 6) is -1.96. The smallest absolute Gasteiger partial charge is 0.300 e. The van der Waals surface area contributed by atoms with Crippen molar-refractivity contribution < 1.29 is 44.3 Å². The molecule has 0 aliphatic rings. The molecule has 0 atom stereocenters. The number of ether oxygens (including phenoxy) is 1. The van der Waals surface area contributed by atoms with Gasteiger partial charge in [0.05, 0.1) is 20.0 Å². The highest BCUT2D eigenvalue weighted by atomic mass is 16.5. The Morgan fingerprint density at radius 1 is 0.774 bits per heavy atom. The van der Waals surface area contributed by atoms with Crippen LogP contribution in [0.1, 0.15) is 27.7 Å². The van der Waals surface area contributed by atoms with Gasteiger partial charge in [0.25, 0.3) is 11.9 Å². The Morgan fingerprint density at radius 2 is 1.03 bits per heavy atom. The summed E-state index contributed by atoms with van der Waals surface area (Å²) in [6.45, 7) is 6.18. The molecule has 16 N–H and O–H groups in total. The number of aliphatic hydroxyl groups excluding tert-OH is 2. The topological polar surface area (TPSA) is 313 Å². The number of amides is 2. The summed E-state index contributed by atoms with van der Waals surface area (Å²) in [7, 11) is 1.63. The van der Waals surface area contributed by atoms with Crippen LogP contribution in [0.3, 0.4) is 0 Å². The number of rotatable bonds is 4. The maximum absolute atomic E-state index is 9.85. The number of carboxylic acid groups (broad SMARTS) is 2. The molecule has 0 rings (SSSR count). The van der Waals surface area contributed by atoms with Gasteiger partial charge in [0.15, 0.2) is 0 Å². The van der Waals surface area contributed by atoms with Gasteiger partial charge < -0.3 is 64.5 Å². The highest BCUT2D eigenvalue weighted by Crippen LogP contribution is 1.53. The second kappa shape index (κ2) is 56.4. The molecule has 0 fully saturated rings. The number of aliphatic carboxylic acids is 2. The zero-order valence-electron chi connectivity index (χ0n) is 19.0. The summed E-state index contributed by atoms with van der Waals surface area (Å²) in [5.41, 5.74) is 23.6. The number of methoxy groups -OCH3 is 1. The Bertz CT molecular complexity index is 324. The third-order valence-corrected chi connectivity index (χ3v) is 1.00. The van der Waals surface area contributed by atoms with Crippen molar-refractivity contribution in [3.8, 4) is 0 Å². The van der Waals surface area contributed by atoms with Crippen LogP contribution in [0.4, 0.5) is 0 Å². The van der Waals surface area contributed by atoms with E-state index in [4.69, 9.17) is 41.5 Å². The van der Waals surface area contributed by atoms with E-state index < -0.39 is 11.9 Å². The second-order valence-corrected chi connectivity index (χ2v) is 4.07. The van der Waals surface area contributed by atoms with Gasteiger partial charge in [-0.1, -0.05) is 0 Å². The molecule has 0 spiro atoms. The van der Waals surface area contributed by atoms with Gasteiger partial charge in [0, 0.05) is 48.0 Å². The van der Waals surface area contributed by atoms with Gasteiger partial charge in [-0.15, -0.1) is 0 Å². The number of carboxylic acids is 2. The van der Waals surface area contributed by atoms with E-state index in [0.29, 0.717) is 13.2 Å². The quantitative estimate of drug-likeness (QED) is 0.175. The van der Waals surface area contributed by atoms with E-state index in [2.05, 4.69) is 32.6 Å². The van der Waals surface area contributed by atoms with Crippen LogP contribution in [0.5, 0.6) is 0 Å². The summed E-state index contributed by atoms with van der Waals surface area (Å²) in [6.07, 6.45) is 0. The maximum Gasteiger partial charge on any atom is 0.300 e. The molecule has 192 valence electrons. The van der Waals surface area contributed by atoms with Crippen LogP contribution in [-0.4, -0.2) is 91.2 Å². The minimum absolute atomic E-state index is 0.0856. The van der Waals surface area contributed by atoms with Gasteiger partial charge in [-0.3, -0.25) is 19.2 Å². The molecule has 0 aliphatic heterocycles. The third kappa shape index (κ3) is 582. The normalized spacial score (nSPS) is 7.10. The molecule has 0 unspecified atom stereocenters. The fourth-order valence-electron chi connectivity index (χ4n) is 0.373. The Morgan fingerprint density at radius 3 is 1.03 bits per heavy atom. The Balaban J connectivity index is -0.0000000441. The average Bonchev–Trinajstić information content (AvgIpc) is 2.57. The van der Waals surface area contributed by atoms with Crippen molar-refractivity contribution in [2.24, 2.45) is 28.7 Å². The Hall–Kier alpha value is -2.44. The minimum atomic E-state index is -0.833. The molecule has 0 saturated heterocycles. The van der Waals surface area contributed by atoms with Crippen LogP contribution >= 0.6 is 0 Å². The first-order chi connectivity index (χ1) is 14.2. The van der Waals surface area contributed by atoms with Crippen LogP contribution in [0.15, 0.2) is 0 Å². The van der Waals surface area contributed by atoms with Gasteiger partial charge in [-0.25, -0.2) is 0 Å². The molecule has 2 amide bonds. The van der Waals surface area contributed by atoms with Crippen molar-refractivity contribution in [3.05, 3.63) is 0 Å². The second-order valence-electron chi connectivity index (χ2n) is 4.07. The molecular weight excluding hydrogens is 422 g/mol. The molecule has 0 bridgehead atoms. The van der Waals surface area contributed by atoms with Gasteiger partial charge in [-0.2, -0.15) is 0 Å². The first-order valence-electron chi connectivity index (χ1n) is 8.34. The van der Waals surface area contributed by atoms with Crippen LogP contribution < -0.4 is 39.3 Å². The predicted octanol–water partition coefficient (Wildman–Crippen LogP) is -4.36. The summed E-state index contributed by atoms with van der Waals surface area (Å²) in [5, 5.41) is 34.6. The number of aliphatic hydroxyl groups is 2. The molecule has 16 nitrogen and oxygen atoms in total. The summed E-state index contributed by atoms with van der Waals surface area (Å²) in [4.78, 5) is 37.6. The van der Waals surface area contributed by atoms with E-state index in [9.17, 15) is 9.59 Å². The van der Waals surface area contributed by atoms with E-state index >= 15 is 0 Å². The fraction of sp³-hybridized carbons (Fsp3) is 0.733. The highest BCUT2D eigenvalue weighted by Gasteiger charge is 1.80. The van der Waals surface area contributed by atoms with Crippen LogP contribution in [0.2, 0.25) is 0 Å². The lowest BCUT2D eigenvalue weighted by Crippen LogP contribution is -2.26. The van der Waals surface area contributed by atoms with Crippen molar-refractivity contribution in [2.45, 2.75) is 27.7 Å². The van der Waals surface area contributed by atoms with Gasteiger partial charge in [0.2, 0.25) is 11.8 Å². The monoisotopic (exact) mass is 465 g/mol. The molecule has 0 heterocycles. The molecule has 0 aromatic heterocycles. The molecule has 0 aromatic carbocycles. The first kappa shape index (κ1) is 46.7. The van der Waals surface area contributed by atoms with E-state index in [1.807, 2.05) is 0 Å². The number of nitrogens with one attached hydrogen (secondary N) is 2. The predicted molar refractivity (Wildman–Crippen MR) is 116 cm³/mol. The molecule has 0 aliphatic carbocycles. The largest absolute Gasteiger partial charge is 0.481 e. The number of carbonyl (C=O) groups is 4. The lowest BCUT2D eigenvalue weighted by Gasteiger charge is -1.89. The summed E-state index contributed by atoms with van der Waals surface area (Å²) in [6, 6.07) is 0. The van der Waals surface area contributed by atoms with Crippen molar-refractivity contribution in [2.75, 3.05) is 47.1 Å². The van der Waals surface area contributed by atoms with Gasteiger partial charge in [0.1, 0.15) is 6.73 Å². The Kier molecular flexibility index (Phi) is 85.0. The number of hydrogen-bond acceptors (Lipinski definition) is 12. The first-order valence-corrected chi connectivity index (χ1v) is 8.34. The van der Waals surface area contributed by atoms with Crippen LogP contribution in [-0.2, 0) is 23.9 Å². The van der Waals surface area contributed by atoms with Crippen LogP contribution in [0.25, 0.3) is 0 Å². The van der Waals surface area contributed by atoms with E-state index in [1.165, 1.54) is 13.8 Å². The summed E-state index contributed by atoms with van der Waals surface area (Å²) < 4.78 is 4.57. The third-order valence-electron chi connectivity index (χ3n) is 1.00. The molecule has 0 radical (unpaired) electrons. The van der Waals surface area contributed by atoms with E-state index in [0.717, 1.165) is 13.8 Å². The highest BCUT2D eigenvalue weighted by molar-refractivity contribution is 5.72. The number of carbonyl (C=O) groups excluding carboxylic acids is 2. The Labute approximate surface area is 183 Å². The minimum Gasteiger partial charge on any atom is -0.481 e. The summed E-state index contributed by atoms with van der Waals surface area (Å²) >= 11 is 0. The van der Waals surface area contributed by atoms with Gasteiger partial charge in [-0.05, 0) is 0 Å². The van der Waals surface area contributed by atoms with Crippen molar-refractivity contribution in [1.29, 1.82) is 0 Å². The van der Waals surface area contributed by atoms with Crippen molar-refractivity contribution >= 4 is 23.8 Å².